The molecule has 0 atom stereocenters. The van der Waals surface area contributed by atoms with Crippen LogP contribution < -0.4 is 10.8 Å². The molecule has 1 fully saturated rings. The molecular formula is C12H18BNO2. The maximum atomic E-state index is 9.18. The van der Waals surface area contributed by atoms with Gasteiger partial charge in [0.25, 0.3) is 0 Å². The van der Waals surface area contributed by atoms with Crippen LogP contribution in [0, 0.1) is 6.92 Å². The average molecular weight is 219 g/mol. The minimum Gasteiger partial charge on any atom is -0.423 e. The van der Waals surface area contributed by atoms with Gasteiger partial charge in [-0.2, -0.15) is 0 Å². The number of hydrogen-bond donors (Lipinski definition) is 3. The molecule has 0 aromatic heterocycles. The molecule has 16 heavy (non-hydrogen) atoms. The fraction of sp³-hybridized carbons (Fsp3) is 0.500. The molecule has 0 spiro atoms. The maximum Gasteiger partial charge on any atom is 0.488 e. The third-order valence-corrected chi connectivity index (χ3v) is 3.38. The zero-order chi connectivity index (χ0) is 11.5. The van der Waals surface area contributed by atoms with Crippen LogP contribution in [0.2, 0.25) is 0 Å². The predicted molar refractivity (Wildman–Crippen MR) is 65.8 cm³/mol. The van der Waals surface area contributed by atoms with E-state index >= 15 is 0 Å². The van der Waals surface area contributed by atoms with Crippen LogP contribution in [-0.4, -0.2) is 30.3 Å². The van der Waals surface area contributed by atoms with Crippen LogP contribution in [0.4, 0.5) is 0 Å². The Balaban J connectivity index is 2.27. The maximum absolute atomic E-state index is 9.18. The van der Waals surface area contributed by atoms with Gasteiger partial charge in [-0.3, -0.25) is 0 Å². The summed E-state index contributed by atoms with van der Waals surface area (Å²) in [5.74, 6) is 0.556. The monoisotopic (exact) mass is 219 g/mol. The highest BCUT2D eigenvalue weighted by Gasteiger charge is 2.19. The van der Waals surface area contributed by atoms with Crippen molar-refractivity contribution in [1.82, 2.24) is 5.32 Å². The predicted octanol–water partition coefficient (Wildman–Crippen LogP) is 0.142. The standard InChI is InChI=1S/C12H18BNO2/c1-9-2-3-11(13(15)16)8-12(9)10-4-6-14-7-5-10/h2-3,8,10,14-16H,4-7H2,1H3. The smallest absolute Gasteiger partial charge is 0.423 e. The Labute approximate surface area is 96.6 Å². The lowest BCUT2D eigenvalue weighted by Crippen LogP contribution is -2.32. The van der Waals surface area contributed by atoms with E-state index in [1.54, 1.807) is 6.07 Å². The van der Waals surface area contributed by atoms with E-state index in [4.69, 9.17) is 0 Å². The van der Waals surface area contributed by atoms with E-state index in [0.29, 0.717) is 11.4 Å². The Morgan fingerprint density at radius 2 is 1.94 bits per heavy atom. The average Bonchev–Trinajstić information content (AvgIpc) is 2.30. The van der Waals surface area contributed by atoms with Gasteiger partial charge >= 0.3 is 7.12 Å². The van der Waals surface area contributed by atoms with Crippen LogP contribution in [0.25, 0.3) is 0 Å². The van der Waals surface area contributed by atoms with Crippen molar-refractivity contribution in [3.8, 4) is 0 Å². The lowest BCUT2D eigenvalue weighted by atomic mass is 9.76. The first-order chi connectivity index (χ1) is 7.68. The molecule has 4 heteroatoms. The summed E-state index contributed by atoms with van der Waals surface area (Å²) in [6.07, 6.45) is 2.26. The molecule has 0 bridgehead atoms. The van der Waals surface area contributed by atoms with Gasteiger partial charge in [0.2, 0.25) is 0 Å². The highest BCUT2D eigenvalue weighted by Crippen LogP contribution is 2.26. The topological polar surface area (TPSA) is 52.5 Å². The molecule has 2 rings (SSSR count). The molecule has 0 amide bonds. The number of rotatable bonds is 2. The van der Waals surface area contributed by atoms with Crippen LogP contribution in [0.5, 0.6) is 0 Å². The van der Waals surface area contributed by atoms with Gasteiger partial charge in [-0.1, -0.05) is 18.2 Å². The second-order valence-corrected chi connectivity index (χ2v) is 4.51. The lowest BCUT2D eigenvalue weighted by Gasteiger charge is -2.25. The van der Waals surface area contributed by atoms with Crippen LogP contribution in [0.15, 0.2) is 18.2 Å². The quantitative estimate of drug-likeness (QED) is 0.620. The van der Waals surface area contributed by atoms with Crippen LogP contribution in [0.3, 0.4) is 0 Å². The summed E-state index contributed by atoms with van der Waals surface area (Å²) in [4.78, 5) is 0. The summed E-state index contributed by atoms with van der Waals surface area (Å²) in [7, 11) is -1.36. The van der Waals surface area contributed by atoms with Crippen molar-refractivity contribution in [1.29, 1.82) is 0 Å². The van der Waals surface area contributed by atoms with Gasteiger partial charge in [0.05, 0.1) is 0 Å². The Morgan fingerprint density at radius 1 is 1.25 bits per heavy atom. The summed E-state index contributed by atoms with van der Waals surface area (Å²) < 4.78 is 0. The molecule has 1 heterocycles. The van der Waals surface area contributed by atoms with Crippen molar-refractivity contribution >= 4 is 12.6 Å². The summed E-state index contributed by atoms with van der Waals surface area (Å²) >= 11 is 0. The summed E-state index contributed by atoms with van der Waals surface area (Å²) in [5, 5.41) is 21.7. The van der Waals surface area contributed by atoms with Gasteiger partial charge in [0, 0.05) is 0 Å². The first kappa shape index (κ1) is 11.6. The van der Waals surface area contributed by atoms with E-state index in [9.17, 15) is 10.0 Å². The number of hydrogen-bond acceptors (Lipinski definition) is 3. The molecule has 1 saturated heterocycles. The van der Waals surface area contributed by atoms with Gasteiger partial charge in [-0.25, -0.2) is 0 Å². The molecule has 0 aliphatic carbocycles. The summed E-state index contributed by atoms with van der Waals surface area (Å²) in [6, 6.07) is 5.70. The molecule has 3 N–H and O–H groups in total. The Bertz CT molecular complexity index is 362. The molecule has 1 aromatic rings. The molecule has 0 radical (unpaired) electrons. The molecule has 1 aliphatic rings. The van der Waals surface area contributed by atoms with E-state index in [0.717, 1.165) is 25.9 Å². The lowest BCUT2D eigenvalue weighted by molar-refractivity contribution is 0.425. The largest absolute Gasteiger partial charge is 0.488 e. The molecule has 3 nitrogen and oxygen atoms in total. The fourth-order valence-electron chi connectivity index (χ4n) is 2.39. The zero-order valence-electron chi connectivity index (χ0n) is 9.61. The summed E-state index contributed by atoms with van der Waals surface area (Å²) in [5.41, 5.74) is 3.11. The Morgan fingerprint density at radius 3 is 2.56 bits per heavy atom. The van der Waals surface area contributed by atoms with Gasteiger partial charge in [0.15, 0.2) is 0 Å². The second kappa shape index (κ2) is 5.00. The molecule has 1 aliphatic heterocycles. The van der Waals surface area contributed by atoms with Crippen molar-refractivity contribution in [2.45, 2.75) is 25.7 Å². The summed E-state index contributed by atoms with van der Waals surface area (Å²) in [6.45, 7) is 4.19. The zero-order valence-corrected chi connectivity index (χ0v) is 9.61. The third kappa shape index (κ3) is 2.46. The number of aryl methyl sites for hydroxylation is 1. The minimum absolute atomic E-state index is 0.556. The van der Waals surface area contributed by atoms with E-state index in [-0.39, 0.29) is 0 Å². The van der Waals surface area contributed by atoms with Gasteiger partial charge in [0.1, 0.15) is 0 Å². The normalized spacial score (nSPS) is 17.4. The molecule has 86 valence electrons. The van der Waals surface area contributed by atoms with E-state index in [1.807, 2.05) is 12.1 Å². The fourth-order valence-corrected chi connectivity index (χ4v) is 2.39. The van der Waals surface area contributed by atoms with E-state index < -0.39 is 7.12 Å². The minimum atomic E-state index is -1.36. The van der Waals surface area contributed by atoms with Crippen molar-refractivity contribution in [2.24, 2.45) is 0 Å². The van der Waals surface area contributed by atoms with Crippen LogP contribution in [0.1, 0.15) is 29.9 Å². The van der Waals surface area contributed by atoms with Crippen molar-refractivity contribution < 1.29 is 10.0 Å². The van der Waals surface area contributed by atoms with Gasteiger partial charge in [-0.15, -0.1) is 0 Å². The van der Waals surface area contributed by atoms with Crippen molar-refractivity contribution in [3.63, 3.8) is 0 Å². The highest BCUT2D eigenvalue weighted by molar-refractivity contribution is 6.58. The Kier molecular flexibility index (Phi) is 3.64. The molecule has 0 saturated carbocycles. The third-order valence-electron chi connectivity index (χ3n) is 3.38. The Hall–Kier alpha value is -0.835. The highest BCUT2D eigenvalue weighted by atomic mass is 16.4. The molecule has 0 unspecified atom stereocenters. The second-order valence-electron chi connectivity index (χ2n) is 4.51. The molecule has 1 aromatic carbocycles. The van der Waals surface area contributed by atoms with Gasteiger partial charge in [-0.05, 0) is 55.4 Å². The first-order valence-corrected chi connectivity index (χ1v) is 5.86. The van der Waals surface area contributed by atoms with E-state index in [2.05, 4.69) is 12.2 Å². The van der Waals surface area contributed by atoms with Crippen molar-refractivity contribution in [3.05, 3.63) is 29.3 Å². The SMILES string of the molecule is Cc1ccc(B(O)O)cc1C1CCNCC1. The van der Waals surface area contributed by atoms with Crippen LogP contribution >= 0.6 is 0 Å². The number of benzene rings is 1. The number of piperidine rings is 1. The van der Waals surface area contributed by atoms with Crippen LogP contribution in [-0.2, 0) is 0 Å². The van der Waals surface area contributed by atoms with E-state index in [1.165, 1.54) is 11.1 Å². The van der Waals surface area contributed by atoms with Crippen molar-refractivity contribution in [2.75, 3.05) is 13.1 Å². The van der Waals surface area contributed by atoms with Gasteiger partial charge < -0.3 is 15.4 Å². The molecular weight excluding hydrogens is 201 g/mol. The number of nitrogens with one attached hydrogen (secondary N) is 1. The first-order valence-electron chi connectivity index (χ1n) is 5.86.